The molecule has 0 saturated carbocycles. The van der Waals surface area contributed by atoms with Gasteiger partial charge in [0.15, 0.2) is 15.4 Å². The van der Waals surface area contributed by atoms with Crippen LogP contribution in [-0.4, -0.2) is 37.3 Å². The summed E-state index contributed by atoms with van der Waals surface area (Å²) < 4.78 is 19.5. The van der Waals surface area contributed by atoms with E-state index < -0.39 is 0 Å². The Bertz CT molecular complexity index is 1630. The molecule has 3 aromatic carbocycles. The van der Waals surface area contributed by atoms with E-state index in [1.807, 2.05) is 54.6 Å². The molecule has 0 amide bonds. The lowest BCUT2D eigenvalue weighted by molar-refractivity contribution is 0.415. The van der Waals surface area contributed by atoms with Gasteiger partial charge in [0.05, 0.1) is 17.3 Å². The SMILES string of the molecule is COc1ccc(NC(=S)Nc2nc(NC(=S)Nc3ccccc3)nc(Nc3nc4ccc(F)cc4s3)n2)cc1. The topological polar surface area (TPSA) is 121 Å². The maximum absolute atomic E-state index is 13.6. The molecule has 5 aromatic rings. The summed E-state index contributed by atoms with van der Waals surface area (Å²) in [7, 11) is 1.60. The third kappa shape index (κ3) is 7.07. The van der Waals surface area contributed by atoms with E-state index in [1.54, 1.807) is 13.2 Å². The number of nitrogens with zero attached hydrogens (tertiary/aromatic N) is 4. The molecule has 0 aliphatic rings. The van der Waals surface area contributed by atoms with E-state index in [0.717, 1.165) is 17.1 Å². The van der Waals surface area contributed by atoms with E-state index in [-0.39, 0.29) is 33.9 Å². The van der Waals surface area contributed by atoms with Gasteiger partial charge < -0.3 is 26.0 Å². The van der Waals surface area contributed by atoms with E-state index >= 15 is 0 Å². The van der Waals surface area contributed by atoms with Crippen molar-refractivity contribution in [3.8, 4) is 5.75 Å². The van der Waals surface area contributed by atoms with Gasteiger partial charge in [0.1, 0.15) is 11.6 Å². The Morgan fingerprint density at radius 3 is 2.00 bits per heavy atom. The molecular formula is C25H20FN9OS3. The Labute approximate surface area is 237 Å². The zero-order valence-corrected chi connectivity index (χ0v) is 22.7. The van der Waals surface area contributed by atoms with Crippen LogP contribution in [-0.2, 0) is 0 Å². The minimum atomic E-state index is -0.340. The number of ether oxygens (including phenoxy) is 1. The standard InChI is InChI=1S/C25H20FN9OS3/c1-36-17-10-8-16(9-11-17)28-24(38)34-21-30-20(33-23(37)27-15-5-3-2-4-6-15)31-22(32-21)35-25-29-18-12-7-14(26)13-19(18)39-25/h2-13H,1H3,(H5,27,28,29,30,31,32,33,34,35,37,38). The molecule has 0 spiro atoms. The van der Waals surface area contributed by atoms with Gasteiger partial charge in [-0.3, -0.25) is 5.32 Å². The van der Waals surface area contributed by atoms with E-state index in [2.05, 4.69) is 46.5 Å². The van der Waals surface area contributed by atoms with E-state index in [1.165, 1.54) is 23.5 Å². The molecule has 0 atom stereocenters. The molecule has 2 aromatic heterocycles. The molecule has 0 aliphatic heterocycles. The molecule has 0 radical (unpaired) electrons. The number of fused-ring (bicyclic) bond motifs is 1. The highest BCUT2D eigenvalue weighted by atomic mass is 32.1. The van der Waals surface area contributed by atoms with Gasteiger partial charge >= 0.3 is 0 Å². The summed E-state index contributed by atoms with van der Waals surface area (Å²) in [6.45, 7) is 0. The van der Waals surface area contributed by atoms with E-state index in [9.17, 15) is 4.39 Å². The van der Waals surface area contributed by atoms with Crippen molar-refractivity contribution in [2.75, 3.05) is 33.7 Å². The lowest BCUT2D eigenvalue weighted by Gasteiger charge is -2.13. The predicted molar refractivity (Wildman–Crippen MR) is 162 cm³/mol. The molecule has 196 valence electrons. The van der Waals surface area contributed by atoms with Gasteiger partial charge in [0.2, 0.25) is 17.8 Å². The van der Waals surface area contributed by atoms with Crippen LogP contribution in [0, 0.1) is 5.82 Å². The van der Waals surface area contributed by atoms with Crippen molar-refractivity contribution in [2.45, 2.75) is 0 Å². The first kappa shape index (κ1) is 26.1. The number of para-hydroxylation sites is 1. The van der Waals surface area contributed by atoms with E-state index in [4.69, 9.17) is 29.2 Å². The molecule has 0 fully saturated rings. The monoisotopic (exact) mass is 577 g/mol. The fourth-order valence-electron chi connectivity index (χ4n) is 3.31. The lowest BCUT2D eigenvalue weighted by Crippen LogP contribution is -2.24. The number of halogens is 1. The average molecular weight is 578 g/mol. The van der Waals surface area contributed by atoms with Crippen molar-refractivity contribution in [1.29, 1.82) is 0 Å². The van der Waals surface area contributed by atoms with Crippen LogP contribution in [0.1, 0.15) is 0 Å². The summed E-state index contributed by atoms with van der Waals surface area (Å²) in [4.78, 5) is 17.7. The quantitative estimate of drug-likeness (QED) is 0.146. The van der Waals surface area contributed by atoms with Crippen molar-refractivity contribution in [3.63, 3.8) is 0 Å². The Kier molecular flexibility index (Phi) is 7.96. The van der Waals surface area contributed by atoms with Crippen LogP contribution in [0.5, 0.6) is 5.75 Å². The Morgan fingerprint density at radius 1 is 0.744 bits per heavy atom. The summed E-state index contributed by atoms with van der Waals surface area (Å²) in [5, 5.41) is 16.1. The van der Waals surface area contributed by atoms with Crippen molar-refractivity contribution in [1.82, 2.24) is 19.9 Å². The fourth-order valence-corrected chi connectivity index (χ4v) is 4.62. The molecule has 0 saturated heterocycles. The Balaban J connectivity index is 1.36. The maximum Gasteiger partial charge on any atom is 0.235 e. The molecule has 0 unspecified atom stereocenters. The number of thiocarbonyl (C=S) groups is 2. The van der Waals surface area contributed by atoms with Crippen LogP contribution in [0.15, 0.2) is 72.8 Å². The number of thiazole rings is 1. The summed E-state index contributed by atoms with van der Waals surface area (Å²) in [6, 6.07) is 21.1. The summed E-state index contributed by atoms with van der Waals surface area (Å²) >= 11 is 12.1. The molecule has 2 heterocycles. The zero-order chi connectivity index (χ0) is 27.2. The second-order valence-electron chi connectivity index (χ2n) is 7.82. The van der Waals surface area contributed by atoms with Crippen molar-refractivity contribution in [2.24, 2.45) is 0 Å². The second-order valence-corrected chi connectivity index (χ2v) is 9.66. The van der Waals surface area contributed by atoms with Gasteiger partial charge in [-0.25, -0.2) is 9.37 Å². The van der Waals surface area contributed by atoms with Gasteiger partial charge in [-0.2, -0.15) is 15.0 Å². The van der Waals surface area contributed by atoms with Crippen molar-refractivity contribution < 1.29 is 9.13 Å². The first-order valence-electron chi connectivity index (χ1n) is 11.4. The molecule has 10 nitrogen and oxygen atoms in total. The number of nitrogens with one attached hydrogen (secondary N) is 5. The Hall–Kier alpha value is -4.53. The number of anilines is 6. The lowest BCUT2D eigenvalue weighted by atomic mass is 10.3. The normalized spacial score (nSPS) is 10.5. The Morgan fingerprint density at radius 2 is 1.36 bits per heavy atom. The molecule has 0 aliphatic carbocycles. The van der Waals surface area contributed by atoms with Gasteiger partial charge in [0.25, 0.3) is 0 Å². The zero-order valence-electron chi connectivity index (χ0n) is 20.2. The highest BCUT2D eigenvalue weighted by Crippen LogP contribution is 2.28. The van der Waals surface area contributed by atoms with Crippen molar-refractivity contribution in [3.05, 3.63) is 78.6 Å². The number of methoxy groups -OCH3 is 1. The largest absolute Gasteiger partial charge is 0.497 e. The van der Waals surface area contributed by atoms with E-state index in [0.29, 0.717) is 15.3 Å². The third-order valence-electron chi connectivity index (χ3n) is 5.03. The molecule has 14 heteroatoms. The van der Waals surface area contributed by atoms with Crippen molar-refractivity contribution >= 4 is 90.6 Å². The first-order chi connectivity index (χ1) is 18.9. The second kappa shape index (κ2) is 11.9. The number of hydrogen-bond donors (Lipinski definition) is 5. The van der Waals surface area contributed by atoms with Crippen LogP contribution >= 0.6 is 35.8 Å². The molecule has 5 N–H and O–H groups in total. The summed E-state index contributed by atoms with van der Waals surface area (Å²) in [5.74, 6) is 0.858. The molecule has 39 heavy (non-hydrogen) atoms. The molecular weight excluding hydrogens is 558 g/mol. The predicted octanol–water partition coefficient (Wildman–Crippen LogP) is 5.99. The molecule has 5 rings (SSSR count). The maximum atomic E-state index is 13.6. The van der Waals surface area contributed by atoms with Gasteiger partial charge in [-0.1, -0.05) is 29.5 Å². The fraction of sp³-hybridized carbons (Fsp3) is 0.0400. The minimum absolute atomic E-state index is 0.149. The van der Waals surface area contributed by atoms with Crippen LogP contribution in [0.2, 0.25) is 0 Å². The van der Waals surface area contributed by atoms with Gasteiger partial charge in [-0.15, -0.1) is 0 Å². The minimum Gasteiger partial charge on any atom is -0.497 e. The highest BCUT2D eigenvalue weighted by Gasteiger charge is 2.13. The average Bonchev–Trinajstić information content (AvgIpc) is 3.30. The third-order valence-corrected chi connectivity index (χ3v) is 6.38. The van der Waals surface area contributed by atoms with Crippen LogP contribution in [0.3, 0.4) is 0 Å². The van der Waals surface area contributed by atoms with Gasteiger partial charge in [0, 0.05) is 11.4 Å². The summed E-state index contributed by atoms with van der Waals surface area (Å²) in [5.41, 5.74) is 2.19. The number of hydrogen-bond acceptors (Lipinski definition) is 9. The highest BCUT2D eigenvalue weighted by molar-refractivity contribution is 7.81. The van der Waals surface area contributed by atoms with Crippen LogP contribution in [0.25, 0.3) is 10.2 Å². The van der Waals surface area contributed by atoms with Crippen LogP contribution < -0.4 is 31.3 Å². The smallest absolute Gasteiger partial charge is 0.235 e. The number of rotatable bonds is 7. The summed E-state index contributed by atoms with van der Waals surface area (Å²) in [6.07, 6.45) is 0. The number of aromatic nitrogens is 4. The molecule has 0 bridgehead atoms. The van der Waals surface area contributed by atoms with Gasteiger partial charge in [-0.05, 0) is 79.0 Å². The first-order valence-corrected chi connectivity index (χ1v) is 13.0. The number of benzene rings is 3. The van der Waals surface area contributed by atoms with Crippen LogP contribution in [0.4, 0.5) is 38.7 Å².